The van der Waals surface area contributed by atoms with Gasteiger partial charge in [-0.2, -0.15) is 0 Å². The van der Waals surface area contributed by atoms with Crippen LogP contribution in [0.4, 0.5) is 4.39 Å². The third-order valence-electron chi connectivity index (χ3n) is 5.99. The summed E-state index contributed by atoms with van der Waals surface area (Å²) in [6.07, 6.45) is 12.9. The number of halogens is 1. The fraction of sp³-hybridized carbons (Fsp3) is 0.619. The molecule has 0 spiro atoms. The molecule has 1 aromatic rings. The molecule has 2 aliphatic carbocycles. The van der Waals surface area contributed by atoms with Crippen LogP contribution in [0.1, 0.15) is 51.4 Å². The molecule has 0 unspecified atom stereocenters. The Morgan fingerprint density at radius 2 is 1.65 bits per heavy atom. The van der Waals surface area contributed by atoms with Gasteiger partial charge in [-0.05, 0) is 87.2 Å². The van der Waals surface area contributed by atoms with Crippen LogP contribution in [0, 0.1) is 29.5 Å². The number of hydrogen-bond donors (Lipinski definition) is 0. The van der Waals surface area contributed by atoms with Crippen molar-refractivity contribution in [1.29, 1.82) is 0 Å². The molecule has 0 aromatic heterocycles. The molecule has 126 valence electrons. The van der Waals surface area contributed by atoms with Crippen molar-refractivity contribution >= 4 is 0 Å². The minimum absolute atomic E-state index is 0.221. The van der Waals surface area contributed by atoms with Crippen molar-refractivity contribution in [2.24, 2.45) is 23.7 Å². The molecule has 0 bridgehead atoms. The zero-order valence-corrected chi connectivity index (χ0v) is 14.1. The quantitative estimate of drug-likeness (QED) is 0.605. The average molecular weight is 316 g/mol. The lowest BCUT2D eigenvalue weighted by molar-refractivity contribution is 0.129. The fourth-order valence-corrected chi connectivity index (χ4v) is 4.45. The molecule has 1 nitrogen and oxygen atoms in total. The first kappa shape index (κ1) is 16.5. The number of ether oxygens (including phenoxy) is 1. The minimum Gasteiger partial charge on any atom is -0.493 e. The van der Waals surface area contributed by atoms with E-state index < -0.39 is 0 Å². The van der Waals surface area contributed by atoms with Gasteiger partial charge in [-0.3, -0.25) is 0 Å². The molecular formula is C21H29FO. The topological polar surface area (TPSA) is 9.23 Å². The molecule has 23 heavy (non-hydrogen) atoms. The molecule has 0 saturated heterocycles. The Bertz CT molecular complexity index is 496. The zero-order valence-electron chi connectivity index (χ0n) is 14.1. The molecule has 2 fully saturated rings. The predicted molar refractivity (Wildman–Crippen MR) is 93.0 cm³/mol. The Morgan fingerprint density at radius 1 is 1.00 bits per heavy atom. The first-order valence-corrected chi connectivity index (χ1v) is 9.25. The molecular weight excluding hydrogens is 287 g/mol. The summed E-state index contributed by atoms with van der Waals surface area (Å²) in [5, 5.41) is 0. The summed E-state index contributed by atoms with van der Waals surface area (Å²) in [7, 11) is 0. The van der Waals surface area contributed by atoms with E-state index in [1.807, 2.05) is 6.07 Å². The maximum absolute atomic E-state index is 13.2. The molecule has 0 radical (unpaired) electrons. The summed E-state index contributed by atoms with van der Waals surface area (Å²) in [4.78, 5) is 0. The second kappa shape index (κ2) is 7.99. The molecule has 0 heterocycles. The Labute approximate surface area is 139 Å². The van der Waals surface area contributed by atoms with Crippen molar-refractivity contribution in [2.75, 3.05) is 6.61 Å². The predicted octanol–water partition coefficient (Wildman–Crippen LogP) is 6.00. The van der Waals surface area contributed by atoms with Gasteiger partial charge in [0.05, 0.1) is 6.61 Å². The smallest absolute Gasteiger partial charge is 0.126 e. The van der Waals surface area contributed by atoms with Crippen LogP contribution in [0.2, 0.25) is 0 Å². The summed E-state index contributed by atoms with van der Waals surface area (Å²) >= 11 is 0. The average Bonchev–Trinajstić information content (AvgIpc) is 2.61. The Morgan fingerprint density at radius 3 is 2.26 bits per heavy atom. The second-order valence-electron chi connectivity index (χ2n) is 7.46. The highest BCUT2D eigenvalue weighted by Gasteiger charge is 2.30. The van der Waals surface area contributed by atoms with Gasteiger partial charge < -0.3 is 4.74 Å². The van der Waals surface area contributed by atoms with Crippen LogP contribution in [0.5, 0.6) is 5.75 Å². The van der Waals surface area contributed by atoms with Gasteiger partial charge >= 0.3 is 0 Å². The van der Waals surface area contributed by atoms with Crippen LogP contribution in [-0.2, 0) is 0 Å². The van der Waals surface area contributed by atoms with Crippen LogP contribution >= 0.6 is 0 Å². The van der Waals surface area contributed by atoms with E-state index in [-0.39, 0.29) is 5.82 Å². The highest BCUT2D eigenvalue weighted by molar-refractivity contribution is 5.22. The summed E-state index contributed by atoms with van der Waals surface area (Å²) in [5.41, 5.74) is 0. The standard InChI is InChI=1S/C21H29FO/c1-2-16-6-10-18(11-7-16)19-12-8-17(9-13-19)15-23-21-5-3-4-20(22)14-21/h2-5,14,16-19H,1,6-13,15H2. The number of allylic oxidation sites excluding steroid dienone is 1. The van der Waals surface area contributed by atoms with Crippen molar-refractivity contribution in [3.8, 4) is 5.75 Å². The van der Waals surface area contributed by atoms with Crippen molar-refractivity contribution in [2.45, 2.75) is 51.4 Å². The third-order valence-corrected chi connectivity index (χ3v) is 5.99. The van der Waals surface area contributed by atoms with Gasteiger partial charge in [-0.25, -0.2) is 4.39 Å². The van der Waals surface area contributed by atoms with Crippen LogP contribution in [0.15, 0.2) is 36.9 Å². The van der Waals surface area contributed by atoms with Crippen molar-refractivity contribution in [3.63, 3.8) is 0 Å². The van der Waals surface area contributed by atoms with Gasteiger partial charge in [0.1, 0.15) is 11.6 Å². The first-order valence-electron chi connectivity index (χ1n) is 9.25. The van der Waals surface area contributed by atoms with E-state index in [4.69, 9.17) is 4.74 Å². The van der Waals surface area contributed by atoms with E-state index in [0.717, 1.165) is 24.4 Å². The van der Waals surface area contributed by atoms with Gasteiger partial charge in [0.25, 0.3) is 0 Å². The van der Waals surface area contributed by atoms with Crippen LogP contribution in [0.25, 0.3) is 0 Å². The number of hydrogen-bond acceptors (Lipinski definition) is 1. The summed E-state index contributed by atoms with van der Waals surface area (Å²) in [5.74, 6) is 3.71. The first-order chi connectivity index (χ1) is 11.2. The van der Waals surface area contributed by atoms with Gasteiger partial charge in [0, 0.05) is 6.07 Å². The SMILES string of the molecule is C=CC1CCC(C2CCC(COc3cccc(F)c3)CC2)CC1. The molecule has 0 aliphatic heterocycles. The van der Waals surface area contributed by atoms with E-state index in [1.54, 1.807) is 6.07 Å². The van der Waals surface area contributed by atoms with Crippen molar-refractivity contribution in [1.82, 2.24) is 0 Å². The molecule has 0 atom stereocenters. The largest absolute Gasteiger partial charge is 0.493 e. The molecule has 1 aromatic carbocycles. The monoisotopic (exact) mass is 316 g/mol. The molecule has 2 heteroatoms. The van der Waals surface area contributed by atoms with Crippen LogP contribution in [-0.4, -0.2) is 6.61 Å². The molecule has 2 saturated carbocycles. The fourth-order valence-electron chi connectivity index (χ4n) is 4.45. The van der Waals surface area contributed by atoms with Gasteiger partial charge in [0.2, 0.25) is 0 Å². The maximum atomic E-state index is 13.2. The maximum Gasteiger partial charge on any atom is 0.126 e. The number of benzene rings is 1. The van der Waals surface area contributed by atoms with Gasteiger partial charge in [-0.1, -0.05) is 12.1 Å². The van der Waals surface area contributed by atoms with Crippen LogP contribution < -0.4 is 4.74 Å². The van der Waals surface area contributed by atoms with Gasteiger partial charge in [-0.15, -0.1) is 6.58 Å². The van der Waals surface area contributed by atoms with Crippen molar-refractivity contribution in [3.05, 3.63) is 42.7 Å². The highest BCUT2D eigenvalue weighted by Crippen LogP contribution is 2.41. The lowest BCUT2D eigenvalue weighted by atomic mass is 9.69. The Hall–Kier alpha value is -1.31. The zero-order chi connectivity index (χ0) is 16.1. The van der Waals surface area contributed by atoms with Gasteiger partial charge in [0.15, 0.2) is 0 Å². The number of rotatable bonds is 5. The van der Waals surface area contributed by atoms with Crippen molar-refractivity contribution < 1.29 is 9.13 Å². The summed E-state index contributed by atoms with van der Waals surface area (Å²) in [6, 6.07) is 6.48. The lowest BCUT2D eigenvalue weighted by Crippen LogP contribution is -2.27. The minimum atomic E-state index is -0.221. The lowest BCUT2D eigenvalue weighted by Gasteiger charge is -2.37. The summed E-state index contributed by atoms with van der Waals surface area (Å²) in [6.45, 7) is 4.68. The Kier molecular flexibility index (Phi) is 5.75. The molecule has 0 amide bonds. The molecule has 0 N–H and O–H groups in total. The second-order valence-corrected chi connectivity index (χ2v) is 7.46. The van der Waals surface area contributed by atoms with E-state index in [0.29, 0.717) is 11.7 Å². The van der Waals surface area contributed by atoms with E-state index in [1.165, 1.54) is 63.5 Å². The highest BCUT2D eigenvalue weighted by atomic mass is 19.1. The van der Waals surface area contributed by atoms with E-state index in [2.05, 4.69) is 12.7 Å². The molecule has 2 aliphatic rings. The Balaban J connectivity index is 1.39. The normalized spacial score (nSPS) is 31.5. The summed E-state index contributed by atoms with van der Waals surface area (Å²) < 4.78 is 18.9. The third kappa shape index (κ3) is 4.59. The van der Waals surface area contributed by atoms with Crippen LogP contribution in [0.3, 0.4) is 0 Å². The van der Waals surface area contributed by atoms with E-state index in [9.17, 15) is 4.39 Å². The van der Waals surface area contributed by atoms with E-state index >= 15 is 0 Å². The molecule has 3 rings (SSSR count).